The number of rotatable bonds is 3. The standard InChI is InChI=1S/C20H22N4O2S/c1-12-8-4-7-11-14(12)16-21-17-15(19(25)24(3)20(26)23(17)2)18(22-16)27-13-9-5-6-10-13/h4,7-8,11,13H,5-6,9-10H2,1-3H3. The van der Waals surface area contributed by atoms with E-state index in [0.717, 1.165) is 28.5 Å². The van der Waals surface area contributed by atoms with Gasteiger partial charge in [0, 0.05) is 24.9 Å². The number of thioether (sulfide) groups is 1. The van der Waals surface area contributed by atoms with Gasteiger partial charge in [-0.2, -0.15) is 0 Å². The van der Waals surface area contributed by atoms with Crippen molar-refractivity contribution in [2.75, 3.05) is 0 Å². The molecule has 7 heteroatoms. The predicted molar refractivity (Wildman–Crippen MR) is 108 cm³/mol. The maximum absolute atomic E-state index is 12.9. The normalized spacial score (nSPS) is 14.9. The Labute approximate surface area is 161 Å². The first kappa shape index (κ1) is 18.0. The second-order valence-corrected chi connectivity index (χ2v) is 8.39. The summed E-state index contributed by atoms with van der Waals surface area (Å²) >= 11 is 1.65. The highest BCUT2D eigenvalue weighted by atomic mass is 32.2. The van der Waals surface area contributed by atoms with Crippen LogP contribution in [-0.2, 0) is 14.1 Å². The molecule has 1 aliphatic carbocycles. The van der Waals surface area contributed by atoms with Gasteiger partial charge in [0.05, 0.1) is 0 Å². The molecular formula is C20H22N4O2S. The molecule has 2 heterocycles. The van der Waals surface area contributed by atoms with E-state index in [9.17, 15) is 9.59 Å². The van der Waals surface area contributed by atoms with Crippen LogP contribution in [0.15, 0.2) is 38.9 Å². The highest BCUT2D eigenvalue weighted by molar-refractivity contribution is 8.00. The number of nitrogens with zero attached hydrogens (tertiary/aromatic N) is 4. The molecule has 0 N–H and O–H groups in total. The Morgan fingerprint density at radius 2 is 1.74 bits per heavy atom. The second-order valence-electron chi connectivity index (χ2n) is 7.10. The van der Waals surface area contributed by atoms with E-state index in [2.05, 4.69) is 4.98 Å². The van der Waals surface area contributed by atoms with Crippen molar-refractivity contribution in [1.29, 1.82) is 0 Å². The van der Waals surface area contributed by atoms with Crippen LogP contribution < -0.4 is 11.2 Å². The fraction of sp³-hybridized carbons (Fsp3) is 0.400. The molecule has 3 aromatic rings. The Balaban J connectivity index is 2.03. The minimum atomic E-state index is -0.376. The van der Waals surface area contributed by atoms with E-state index < -0.39 is 0 Å². The first-order chi connectivity index (χ1) is 13.0. The van der Waals surface area contributed by atoms with Crippen molar-refractivity contribution in [2.24, 2.45) is 14.1 Å². The Kier molecular flexibility index (Phi) is 4.63. The molecule has 6 nitrogen and oxygen atoms in total. The Hall–Kier alpha value is -2.41. The number of hydrogen-bond acceptors (Lipinski definition) is 5. The van der Waals surface area contributed by atoms with Gasteiger partial charge in [-0.3, -0.25) is 13.9 Å². The summed E-state index contributed by atoms with van der Waals surface area (Å²) in [6.45, 7) is 2.01. The lowest BCUT2D eigenvalue weighted by Gasteiger charge is -2.14. The van der Waals surface area contributed by atoms with Crippen molar-refractivity contribution in [3.8, 4) is 11.4 Å². The summed E-state index contributed by atoms with van der Waals surface area (Å²) in [6, 6.07) is 7.90. The summed E-state index contributed by atoms with van der Waals surface area (Å²) in [5.74, 6) is 0.560. The molecule has 0 aliphatic heterocycles. The van der Waals surface area contributed by atoms with Crippen LogP contribution >= 0.6 is 11.8 Å². The predicted octanol–water partition coefficient (Wildman–Crippen LogP) is 3.04. The summed E-state index contributed by atoms with van der Waals surface area (Å²) in [7, 11) is 3.16. The van der Waals surface area contributed by atoms with Gasteiger partial charge in [-0.1, -0.05) is 37.1 Å². The molecule has 1 aliphatic rings. The first-order valence-electron chi connectivity index (χ1n) is 9.18. The average molecular weight is 382 g/mol. The first-order valence-corrected chi connectivity index (χ1v) is 10.1. The minimum Gasteiger partial charge on any atom is -0.280 e. The Morgan fingerprint density at radius 1 is 1.04 bits per heavy atom. The summed E-state index contributed by atoms with van der Waals surface area (Å²) in [5.41, 5.74) is 1.67. The van der Waals surface area contributed by atoms with E-state index in [1.807, 2.05) is 31.2 Å². The fourth-order valence-corrected chi connectivity index (χ4v) is 4.94. The summed E-state index contributed by atoms with van der Waals surface area (Å²) in [5, 5.41) is 1.57. The molecule has 4 rings (SSSR count). The van der Waals surface area contributed by atoms with Gasteiger partial charge in [0.25, 0.3) is 5.56 Å². The third kappa shape index (κ3) is 3.10. The van der Waals surface area contributed by atoms with Gasteiger partial charge in [0.2, 0.25) is 0 Å². The van der Waals surface area contributed by atoms with Gasteiger partial charge in [0.1, 0.15) is 10.4 Å². The molecule has 0 unspecified atom stereocenters. The van der Waals surface area contributed by atoms with E-state index in [4.69, 9.17) is 4.98 Å². The Morgan fingerprint density at radius 3 is 2.44 bits per heavy atom. The lowest BCUT2D eigenvalue weighted by Crippen LogP contribution is -2.37. The second kappa shape index (κ2) is 6.96. The van der Waals surface area contributed by atoms with Crippen molar-refractivity contribution < 1.29 is 0 Å². The van der Waals surface area contributed by atoms with Crippen molar-refractivity contribution in [2.45, 2.75) is 42.9 Å². The molecule has 140 valence electrons. The van der Waals surface area contributed by atoms with Crippen molar-refractivity contribution in [1.82, 2.24) is 19.1 Å². The maximum Gasteiger partial charge on any atom is 0.332 e. The van der Waals surface area contributed by atoms with Crippen LogP contribution in [0.2, 0.25) is 0 Å². The van der Waals surface area contributed by atoms with Gasteiger partial charge >= 0.3 is 5.69 Å². The quantitative estimate of drug-likeness (QED) is 0.651. The molecule has 0 spiro atoms. The van der Waals surface area contributed by atoms with Gasteiger partial charge in [0.15, 0.2) is 11.5 Å². The Bertz CT molecular complexity index is 1140. The molecule has 0 amide bonds. The van der Waals surface area contributed by atoms with E-state index in [-0.39, 0.29) is 11.2 Å². The van der Waals surface area contributed by atoms with Crippen LogP contribution in [0.4, 0.5) is 0 Å². The smallest absolute Gasteiger partial charge is 0.280 e. The summed E-state index contributed by atoms with van der Waals surface area (Å²) in [6.07, 6.45) is 4.67. The van der Waals surface area contributed by atoms with Gasteiger partial charge in [-0.15, -0.1) is 11.8 Å². The lowest BCUT2D eigenvalue weighted by atomic mass is 10.1. The summed E-state index contributed by atoms with van der Waals surface area (Å²) in [4.78, 5) is 34.7. The number of benzene rings is 1. The van der Waals surface area contributed by atoms with Crippen LogP contribution in [0.25, 0.3) is 22.4 Å². The highest BCUT2D eigenvalue weighted by Gasteiger charge is 2.23. The zero-order chi connectivity index (χ0) is 19.1. The van der Waals surface area contributed by atoms with Crippen molar-refractivity contribution >= 4 is 22.8 Å². The maximum atomic E-state index is 12.9. The van der Waals surface area contributed by atoms with E-state index in [1.165, 1.54) is 24.5 Å². The lowest BCUT2D eigenvalue weighted by molar-refractivity contribution is 0.703. The molecular weight excluding hydrogens is 360 g/mol. The molecule has 2 aromatic heterocycles. The number of aryl methyl sites for hydroxylation is 2. The van der Waals surface area contributed by atoms with Gasteiger partial charge in [-0.05, 0) is 25.3 Å². The number of fused-ring (bicyclic) bond motifs is 1. The fourth-order valence-electron chi connectivity index (χ4n) is 3.62. The molecule has 0 atom stereocenters. The molecule has 1 saturated carbocycles. The molecule has 0 bridgehead atoms. The molecule has 1 fully saturated rings. The SMILES string of the molecule is Cc1ccccc1-c1nc(SC2CCCC2)c2c(=O)n(C)c(=O)n(C)c2n1. The largest absolute Gasteiger partial charge is 0.332 e. The number of aromatic nitrogens is 4. The number of hydrogen-bond donors (Lipinski definition) is 0. The average Bonchev–Trinajstić information content (AvgIpc) is 3.17. The zero-order valence-electron chi connectivity index (χ0n) is 15.7. The monoisotopic (exact) mass is 382 g/mol. The van der Waals surface area contributed by atoms with Crippen LogP contribution in [0.5, 0.6) is 0 Å². The minimum absolute atomic E-state index is 0.329. The van der Waals surface area contributed by atoms with Crippen LogP contribution in [0.3, 0.4) is 0 Å². The van der Waals surface area contributed by atoms with Crippen molar-refractivity contribution in [3.05, 3.63) is 50.7 Å². The van der Waals surface area contributed by atoms with Crippen LogP contribution in [0, 0.1) is 6.92 Å². The molecule has 0 radical (unpaired) electrons. The molecule has 27 heavy (non-hydrogen) atoms. The van der Waals surface area contributed by atoms with Crippen LogP contribution in [-0.4, -0.2) is 24.4 Å². The topological polar surface area (TPSA) is 69.8 Å². The van der Waals surface area contributed by atoms with Crippen LogP contribution in [0.1, 0.15) is 31.2 Å². The molecule has 0 saturated heterocycles. The third-order valence-electron chi connectivity index (χ3n) is 5.23. The van der Waals surface area contributed by atoms with Crippen molar-refractivity contribution in [3.63, 3.8) is 0 Å². The van der Waals surface area contributed by atoms with E-state index >= 15 is 0 Å². The molecule has 1 aromatic carbocycles. The van der Waals surface area contributed by atoms with Gasteiger partial charge < -0.3 is 0 Å². The van der Waals surface area contributed by atoms with E-state index in [1.54, 1.807) is 18.8 Å². The van der Waals surface area contributed by atoms with E-state index in [0.29, 0.717) is 27.1 Å². The third-order valence-corrected chi connectivity index (χ3v) is 6.56. The highest BCUT2D eigenvalue weighted by Crippen LogP contribution is 2.36. The zero-order valence-corrected chi connectivity index (χ0v) is 16.5. The van der Waals surface area contributed by atoms with Gasteiger partial charge in [-0.25, -0.2) is 14.8 Å². The summed E-state index contributed by atoms with van der Waals surface area (Å²) < 4.78 is 2.58.